The minimum atomic E-state index is -1.09. The first-order valence-electron chi connectivity index (χ1n) is 5.41. The van der Waals surface area contributed by atoms with Gasteiger partial charge in [0, 0.05) is 25.9 Å². The van der Waals surface area contributed by atoms with Crippen molar-refractivity contribution in [1.82, 2.24) is 10.2 Å². The number of β-amino-alcohol motifs (C(OH)–C–C–N with tert-alkyl or cyclic N) is 1. The third-order valence-electron chi connectivity index (χ3n) is 2.53. The third-order valence-corrected chi connectivity index (χ3v) is 2.53. The van der Waals surface area contributed by atoms with Gasteiger partial charge in [-0.25, -0.2) is 9.59 Å². The third kappa shape index (κ3) is 3.64. The number of nitrogens with one attached hydrogen (secondary N) is 1. The van der Waals surface area contributed by atoms with Crippen LogP contribution in [0, 0.1) is 11.8 Å². The van der Waals surface area contributed by atoms with Gasteiger partial charge >= 0.3 is 12.0 Å². The van der Waals surface area contributed by atoms with Gasteiger partial charge in [0.2, 0.25) is 0 Å². The molecular weight excluding hydrogens is 224 g/mol. The topological polar surface area (TPSA) is 89.9 Å². The molecule has 0 aromatic carbocycles. The zero-order chi connectivity index (χ0) is 12.8. The van der Waals surface area contributed by atoms with Gasteiger partial charge in [0.1, 0.15) is 6.04 Å². The lowest BCUT2D eigenvalue weighted by molar-refractivity contribution is -0.141. The summed E-state index contributed by atoms with van der Waals surface area (Å²) in [5, 5.41) is 20.8. The number of carboxylic acid groups (broad SMARTS) is 1. The number of nitrogens with zero attached hydrogens (tertiary/aromatic N) is 1. The fourth-order valence-corrected chi connectivity index (χ4v) is 1.73. The van der Waals surface area contributed by atoms with Crippen LogP contribution in [0.3, 0.4) is 0 Å². The Hall–Kier alpha value is -1.74. The lowest BCUT2D eigenvalue weighted by Gasteiger charge is -2.21. The Morgan fingerprint density at radius 1 is 1.53 bits per heavy atom. The average Bonchev–Trinajstić information content (AvgIpc) is 2.66. The molecule has 6 nitrogen and oxygen atoms in total. The number of carbonyl (C=O) groups is 2. The highest BCUT2D eigenvalue weighted by Gasteiger charge is 2.38. The standard InChI is InChI=1S/C11H16N2O4/c1-2-3-4-5-12-11(17)13-7-8(14)6-9(13)10(15)16/h8-9,14H,4-7H2,1H3,(H,12,17)(H,15,16)/t8-,9-/m1/s1. The number of rotatable bonds is 3. The van der Waals surface area contributed by atoms with Crippen LogP contribution in [0.5, 0.6) is 0 Å². The van der Waals surface area contributed by atoms with Crippen LogP contribution in [0.4, 0.5) is 4.79 Å². The van der Waals surface area contributed by atoms with Crippen molar-refractivity contribution >= 4 is 12.0 Å². The molecule has 1 rings (SSSR count). The van der Waals surface area contributed by atoms with Crippen LogP contribution in [-0.2, 0) is 4.79 Å². The van der Waals surface area contributed by atoms with Crippen molar-refractivity contribution in [2.75, 3.05) is 13.1 Å². The van der Waals surface area contributed by atoms with E-state index in [1.54, 1.807) is 6.92 Å². The van der Waals surface area contributed by atoms with Gasteiger partial charge in [0.25, 0.3) is 0 Å². The molecule has 0 spiro atoms. The monoisotopic (exact) mass is 240 g/mol. The molecule has 6 heteroatoms. The maximum atomic E-state index is 11.7. The van der Waals surface area contributed by atoms with E-state index in [0.717, 1.165) is 4.90 Å². The van der Waals surface area contributed by atoms with Crippen molar-refractivity contribution in [3.8, 4) is 11.8 Å². The van der Waals surface area contributed by atoms with Crippen LogP contribution >= 0.6 is 0 Å². The fraction of sp³-hybridized carbons (Fsp3) is 0.636. The number of hydrogen-bond acceptors (Lipinski definition) is 3. The van der Waals surface area contributed by atoms with E-state index in [-0.39, 0.29) is 13.0 Å². The lowest BCUT2D eigenvalue weighted by Crippen LogP contribution is -2.46. The van der Waals surface area contributed by atoms with Crippen molar-refractivity contribution in [2.24, 2.45) is 0 Å². The Balaban J connectivity index is 2.48. The van der Waals surface area contributed by atoms with E-state index >= 15 is 0 Å². The Labute approximate surface area is 99.6 Å². The molecule has 0 bridgehead atoms. The highest BCUT2D eigenvalue weighted by Crippen LogP contribution is 2.17. The molecule has 1 aliphatic heterocycles. The molecule has 0 radical (unpaired) electrons. The van der Waals surface area contributed by atoms with Crippen molar-refractivity contribution < 1.29 is 19.8 Å². The van der Waals surface area contributed by atoms with Crippen LogP contribution in [0.2, 0.25) is 0 Å². The summed E-state index contributed by atoms with van der Waals surface area (Å²) in [6.45, 7) is 2.14. The molecule has 0 aromatic rings. The minimum absolute atomic E-state index is 0.0578. The molecule has 0 saturated carbocycles. The molecule has 0 unspecified atom stereocenters. The molecular formula is C11H16N2O4. The zero-order valence-corrected chi connectivity index (χ0v) is 9.64. The molecule has 1 heterocycles. The van der Waals surface area contributed by atoms with E-state index in [1.807, 2.05) is 0 Å². The van der Waals surface area contributed by atoms with Crippen molar-refractivity contribution in [1.29, 1.82) is 0 Å². The molecule has 1 saturated heterocycles. The molecule has 1 aliphatic rings. The SMILES string of the molecule is CC#CCCNC(=O)N1C[C@H](O)C[C@@H]1C(=O)O. The average molecular weight is 240 g/mol. The number of urea groups is 1. The van der Waals surface area contributed by atoms with Gasteiger partial charge in [0.05, 0.1) is 6.10 Å². The van der Waals surface area contributed by atoms with E-state index in [2.05, 4.69) is 17.2 Å². The maximum Gasteiger partial charge on any atom is 0.326 e. The molecule has 3 N–H and O–H groups in total. The quantitative estimate of drug-likeness (QED) is 0.464. The van der Waals surface area contributed by atoms with Crippen LogP contribution in [0.1, 0.15) is 19.8 Å². The van der Waals surface area contributed by atoms with E-state index < -0.39 is 24.1 Å². The second kappa shape index (κ2) is 6.11. The summed E-state index contributed by atoms with van der Waals surface area (Å²) in [7, 11) is 0. The van der Waals surface area contributed by atoms with Crippen molar-refractivity contribution in [3.05, 3.63) is 0 Å². The highest BCUT2D eigenvalue weighted by atomic mass is 16.4. The molecule has 0 aromatic heterocycles. The summed E-state index contributed by atoms with van der Waals surface area (Å²) in [6, 6.07) is -1.41. The van der Waals surface area contributed by atoms with Gasteiger partial charge < -0.3 is 20.4 Å². The van der Waals surface area contributed by atoms with Gasteiger partial charge in [-0.1, -0.05) is 0 Å². The summed E-state index contributed by atoms with van der Waals surface area (Å²) < 4.78 is 0. The van der Waals surface area contributed by atoms with E-state index in [1.165, 1.54) is 0 Å². The summed E-state index contributed by atoms with van der Waals surface area (Å²) >= 11 is 0. The predicted molar refractivity (Wildman–Crippen MR) is 60.2 cm³/mol. The van der Waals surface area contributed by atoms with Crippen LogP contribution in [0.15, 0.2) is 0 Å². The molecule has 17 heavy (non-hydrogen) atoms. The van der Waals surface area contributed by atoms with Crippen LogP contribution in [0.25, 0.3) is 0 Å². The number of carboxylic acids is 1. The number of hydrogen-bond donors (Lipinski definition) is 3. The number of likely N-dealkylation sites (tertiary alicyclic amines) is 1. The van der Waals surface area contributed by atoms with Crippen molar-refractivity contribution in [3.63, 3.8) is 0 Å². The lowest BCUT2D eigenvalue weighted by atomic mass is 10.2. The van der Waals surface area contributed by atoms with E-state index in [0.29, 0.717) is 13.0 Å². The first-order chi connectivity index (χ1) is 8.06. The second-order valence-electron chi connectivity index (χ2n) is 3.80. The van der Waals surface area contributed by atoms with Crippen LogP contribution in [-0.4, -0.2) is 52.3 Å². The number of aliphatic carboxylic acids is 1. The zero-order valence-electron chi connectivity index (χ0n) is 9.64. The van der Waals surface area contributed by atoms with Gasteiger partial charge in [-0.05, 0) is 6.92 Å². The largest absolute Gasteiger partial charge is 0.480 e. The minimum Gasteiger partial charge on any atom is -0.480 e. The van der Waals surface area contributed by atoms with E-state index in [9.17, 15) is 14.7 Å². The number of amides is 2. The maximum absolute atomic E-state index is 11.7. The summed E-state index contributed by atoms with van der Waals surface area (Å²) in [4.78, 5) is 23.7. The molecule has 94 valence electrons. The Kier molecular flexibility index (Phi) is 4.79. The van der Waals surface area contributed by atoms with Gasteiger partial charge in [-0.3, -0.25) is 0 Å². The normalized spacial score (nSPS) is 22.8. The van der Waals surface area contributed by atoms with Gasteiger partial charge in [0.15, 0.2) is 0 Å². The molecule has 2 atom stereocenters. The molecule has 2 amide bonds. The Morgan fingerprint density at radius 2 is 2.24 bits per heavy atom. The van der Waals surface area contributed by atoms with Crippen LogP contribution < -0.4 is 5.32 Å². The number of carbonyl (C=O) groups excluding carboxylic acids is 1. The van der Waals surface area contributed by atoms with Gasteiger partial charge in [-0.15, -0.1) is 11.8 Å². The summed E-state index contributed by atoms with van der Waals surface area (Å²) in [5.74, 6) is 4.39. The van der Waals surface area contributed by atoms with E-state index in [4.69, 9.17) is 5.11 Å². The highest BCUT2D eigenvalue weighted by molar-refractivity contribution is 5.83. The van der Waals surface area contributed by atoms with Gasteiger partial charge in [-0.2, -0.15) is 0 Å². The predicted octanol–water partition coefficient (Wildman–Crippen LogP) is -0.371. The first-order valence-corrected chi connectivity index (χ1v) is 5.41. The number of aliphatic hydroxyl groups is 1. The smallest absolute Gasteiger partial charge is 0.326 e. The Bertz CT molecular complexity index is 358. The van der Waals surface area contributed by atoms with Crippen molar-refractivity contribution in [2.45, 2.75) is 31.9 Å². The Morgan fingerprint density at radius 3 is 2.82 bits per heavy atom. The summed E-state index contributed by atoms with van der Waals surface area (Å²) in [6.07, 6.45) is -0.161. The summed E-state index contributed by atoms with van der Waals surface area (Å²) in [5.41, 5.74) is 0. The fourth-order valence-electron chi connectivity index (χ4n) is 1.73. The number of aliphatic hydroxyl groups excluding tert-OH is 1. The molecule has 0 aliphatic carbocycles. The first kappa shape index (κ1) is 13.3. The second-order valence-corrected chi connectivity index (χ2v) is 3.80. The molecule has 1 fully saturated rings.